The zero-order valence-electron chi connectivity index (χ0n) is 22.7. The Morgan fingerprint density at radius 2 is 1.64 bits per heavy atom. The predicted molar refractivity (Wildman–Crippen MR) is 142 cm³/mol. The Kier molecular flexibility index (Phi) is 8.59. The second kappa shape index (κ2) is 11.9. The van der Waals surface area contributed by atoms with Gasteiger partial charge in [0.05, 0.1) is 23.5 Å². The molecule has 1 atom stereocenters. The standard InChI is InChI=1S/C27H23F6N7O4/c1-15-2-5-17(25(43,27(31,32)33)23(41)38-44-24(42)26(28,29)30)12-19(15)20-14-36-21(35)22(37-20)40-10-8-39(9-11-40)18-6-3-16(13-34)4-7-18/h2-7,12,14,43H,8-11H2,1H3,(H2,35,36)(H,38,41). The maximum Gasteiger partial charge on any atom is 0.493 e. The molecule has 3 aromatic rings. The van der Waals surface area contributed by atoms with Crippen LogP contribution in [-0.2, 0) is 20.0 Å². The van der Waals surface area contributed by atoms with Gasteiger partial charge in [0, 0.05) is 43.0 Å². The molecule has 0 saturated carbocycles. The molecule has 0 aliphatic carbocycles. The highest BCUT2D eigenvalue weighted by Gasteiger charge is 2.61. The number of piperazine rings is 1. The molecule has 1 amide bonds. The molecule has 1 aliphatic rings. The van der Waals surface area contributed by atoms with Crippen molar-refractivity contribution in [1.29, 1.82) is 5.26 Å². The third kappa shape index (κ3) is 6.29. The maximum atomic E-state index is 14.0. The molecule has 11 nitrogen and oxygen atoms in total. The van der Waals surface area contributed by atoms with Crippen molar-refractivity contribution in [1.82, 2.24) is 15.4 Å². The second-order valence-electron chi connectivity index (χ2n) is 9.65. The van der Waals surface area contributed by atoms with Gasteiger partial charge in [-0.2, -0.15) is 37.1 Å². The summed E-state index contributed by atoms with van der Waals surface area (Å²) in [6, 6.07) is 11.7. The quantitative estimate of drug-likeness (QED) is 0.285. The number of hydrogen-bond donors (Lipinski definition) is 3. The minimum atomic E-state index is -5.76. The van der Waals surface area contributed by atoms with Crippen LogP contribution < -0.4 is 21.0 Å². The summed E-state index contributed by atoms with van der Waals surface area (Å²) in [4.78, 5) is 39.2. The van der Waals surface area contributed by atoms with E-state index in [0.29, 0.717) is 37.3 Å². The molecule has 44 heavy (non-hydrogen) atoms. The zero-order valence-corrected chi connectivity index (χ0v) is 22.7. The monoisotopic (exact) mass is 623 g/mol. The van der Waals surface area contributed by atoms with Crippen LogP contribution in [0.1, 0.15) is 16.7 Å². The number of nitrogen functional groups attached to an aromatic ring is 1. The molecular formula is C27H23F6N7O4. The molecule has 2 heterocycles. The number of nitrogens with zero attached hydrogens (tertiary/aromatic N) is 5. The van der Waals surface area contributed by atoms with Crippen LogP contribution in [0.5, 0.6) is 0 Å². The Morgan fingerprint density at radius 3 is 2.20 bits per heavy atom. The fraction of sp³-hybridized carbons (Fsp3) is 0.296. The topological polar surface area (TPSA) is 158 Å². The van der Waals surface area contributed by atoms with Crippen molar-refractivity contribution >= 4 is 29.2 Å². The van der Waals surface area contributed by atoms with E-state index < -0.39 is 35.4 Å². The highest BCUT2D eigenvalue weighted by molar-refractivity contribution is 5.88. The molecule has 4 N–H and O–H groups in total. The van der Waals surface area contributed by atoms with Crippen LogP contribution in [0.15, 0.2) is 48.7 Å². The first-order valence-corrected chi connectivity index (χ1v) is 12.7. The third-order valence-electron chi connectivity index (χ3n) is 6.86. The molecule has 4 rings (SSSR count). The average molecular weight is 624 g/mol. The fourth-order valence-electron chi connectivity index (χ4n) is 4.45. The summed E-state index contributed by atoms with van der Waals surface area (Å²) in [6.07, 6.45) is -10.2. The Balaban J connectivity index is 1.61. The van der Waals surface area contributed by atoms with Crippen molar-refractivity contribution < 1.29 is 45.9 Å². The van der Waals surface area contributed by atoms with E-state index in [0.717, 1.165) is 29.4 Å². The largest absolute Gasteiger partial charge is 0.493 e. The smallest absolute Gasteiger partial charge is 0.381 e. The SMILES string of the molecule is Cc1ccc(C(O)(C(=O)NOC(=O)C(F)(F)F)C(F)(F)F)cc1-c1cnc(N)c(N2CCN(c3ccc(C#N)cc3)CC2)n1. The van der Waals surface area contributed by atoms with Gasteiger partial charge in [-0.15, -0.1) is 0 Å². The van der Waals surface area contributed by atoms with Gasteiger partial charge in [0.15, 0.2) is 11.6 Å². The Morgan fingerprint density at radius 1 is 1.02 bits per heavy atom. The molecule has 1 aliphatic heterocycles. The summed E-state index contributed by atoms with van der Waals surface area (Å²) in [7, 11) is 0. The number of aliphatic hydroxyl groups is 1. The van der Waals surface area contributed by atoms with E-state index in [-0.39, 0.29) is 22.9 Å². The van der Waals surface area contributed by atoms with Crippen LogP contribution in [0, 0.1) is 18.3 Å². The van der Waals surface area contributed by atoms with Gasteiger partial charge in [-0.05, 0) is 42.8 Å². The van der Waals surface area contributed by atoms with Crippen molar-refractivity contribution in [2.75, 3.05) is 41.7 Å². The van der Waals surface area contributed by atoms with Gasteiger partial charge in [0.1, 0.15) is 0 Å². The van der Waals surface area contributed by atoms with Gasteiger partial charge in [-0.3, -0.25) is 4.79 Å². The number of carbonyl (C=O) groups excluding carboxylic acids is 2. The van der Waals surface area contributed by atoms with Crippen LogP contribution in [0.3, 0.4) is 0 Å². The zero-order chi connectivity index (χ0) is 32.4. The normalized spacial score (nSPS) is 15.2. The van der Waals surface area contributed by atoms with Crippen molar-refractivity contribution in [2.45, 2.75) is 24.9 Å². The Hall–Kier alpha value is -5.11. The number of benzene rings is 2. The van der Waals surface area contributed by atoms with E-state index in [1.54, 1.807) is 12.1 Å². The minimum absolute atomic E-state index is 0.00442. The maximum absolute atomic E-state index is 14.0. The van der Waals surface area contributed by atoms with Crippen LogP contribution in [0.4, 0.5) is 43.7 Å². The number of aryl methyl sites for hydroxylation is 1. The highest BCUT2D eigenvalue weighted by Crippen LogP contribution is 2.41. The Bertz CT molecular complexity index is 1600. The summed E-state index contributed by atoms with van der Waals surface area (Å²) < 4.78 is 79.4. The van der Waals surface area contributed by atoms with E-state index in [1.165, 1.54) is 13.1 Å². The predicted octanol–water partition coefficient (Wildman–Crippen LogP) is 3.12. The Labute approximate surface area is 245 Å². The number of halogens is 6. The molecule has 1 fully saturated rings. The number of hydroxylamine groups is 1. The first kappa shape index (κ1) is 31.8. The fourth-order valence-corrected chi connectivity index (χ4v) is 4.45. The van der Waals surface area contributed by atoms with Gasteiger partial charge < -0.3 is 25.5 Å². The molecule has 0 radical (unpaired) electrons. The highest BCUT2D eigenvalue weighted by atomic mass is 19.4. The molecule has 1 unspecified atom stereocenters. The number of amides is 1. The van der Waals surface area contributed by atoms with Gasteiger partial charge in [0.2, 0.25) is 0 Å². The number of nitriles is 1. The van der Waals surface area contributed by atoms with E-state index in [4.69, 9.17) is 11.0 Å². The molecule has 0 bridgehead atoms. The van der Waals surface area contributed by atoms with Crippen LogP contribution >= 0.6 is 0 Å². The molecule has 0 spiro atoms. The summed E-state index contributed by atoms with van der Waals surface area (Å²) in [5.41, 5.74) is 3.08. The van der Waals surface area contributed by atoms with Crippen molar-refractivity contribution in [3.8, 4) is 17.3 Å². The van der Waals surface area contributed by atoms with Crippen LogP contribution in [-0.4, -0.2) is 65.5 Å². The lowest BCUT2D eigenvalue weighted by Crippen LogP contribution is -2.55. The number of hydrogen-bond acceptors (Lipinski definition) is 10. The second-order valence-corrected chi connectivity index (χ2v) is 9.65. The lowest BCUT2D eigenvalue weighted by atomic mass is 9.89. The molecule has 232 valence electrons. The van der Waals surface area contributed by atoms with E-state index in [1.807, 2.05) is 17.0 Å². The first-order valence-electron chi connectivity index (χ1n) is 12.7. The van der Waals surface area contributed by atoms with E-state index in [9.17, 15) is 41.0 Å². The number of carbonyl (C=O) groups is 2. The number of alkyl halides is 6. The molecule has 2 aromatic carbocycles. The lowest BCUT2D eigenvalue weighted by molar-refractivity contribution is -0.262. The molecule has 1 saturated heterocycles. The molecular weight excluding hydrogens is 600 g/mol. The number of aromatic nitrogens is 2. The van der Waals surface area contributed by atoms with E-state index >= 15 is 0 Å². The first-order chi connectivity index (χ1) is 20.6. The third-order valence-corrected chi connectivity index (χ3v) is 6.86. The number of anilines is 3. The minimum Gasteiger partial charge on any atom is -0.381 e. The van der Waals surface area contributed by atoms with Crippen molar-refractivity contribution in [2.24, 2.45) is 0 Å². The molecule has 1 aromatic heterocycles. The molecule has 17 heteroatoms. The lowest BCUT2D eigenvalue weighted by Gasteiger charge is -2.37. The van der Waals surface area contributed by atoms with Gasteiger partial charge >= 0.3 is 18.3 Å². The summed E-state index contributed by atoms with van der Waals surface area (Å²) in [6.45, 7) is 3.46. The van der Waals surface area contributed by atoms with Crippen molar-refractivity contribution in [3.05, 3.63) is 65.4 Å². The average Bonchev–Trinajstić information content (AvgIpc) is 2.99. The van der Waals surface area contributed by atoms with Crippen molar-refractivity contribution in [3.63, 3.8) is 0 Å². The number of nitrogens with two attached hydrogens (primary N) is 1. The van der Waals surface area contributed by atoms with Gasteiger partial charge in [-0.25, -0.2) is 14.8 Å². The summed E-state index contributed by atoms with van der Waals surface area (Å²) in [5, 5.41) is 19.5. The van der Waals surface area contributed by atoms with Crippen LogP contribution in [0.25, 0.3) is 11.3 Å². The van der Waals surface area contributed by atoms with Gasteiger partial charge in [-0.1, -0.05) is 12.1 Å². The van der Waals surface area contributed by atoms with E-state index in [2.05, 4.69) is 25.8 Å². The number of rotatable bonds is 5. The summed E-state index contributed by atoms with van der Waals surface area (Å²) >= 11 is 0. The van der Waals surface area contributed by atoms with Gasteiger partial charge in [0.25, 0.3) is 11.5 Å². The summed E-state index contributed by atoms with van der Waals surface area (Å²) in [5.74, 6) is -5.22. The van der Waals surface area contributed by atoms with Crippen LogP contribution in [0.2, 0.25) is 0 Å². The number of nitrogens with one attached hydrogen (secondary N) is 1.